The van der Waals surface area contributed by atoms with Gasteiger partial charge in [0, 0.05) is 24.3 Å². The first kappa shape index (κ1) is 14.5. The number of hydrazine groups is 1. The molecule has 0 saturated carbocycles. The molecule has 0 heterocycles. The molecule has 0 fully saturated rings. The van der Waals surface area contributed by atoms with E-state index >= 15 is 0 Å². The van der Waals surface area contributed by atoms with Gasteiger partial charge in [0.15, 0.2) is 0 Å². The maximum atomic E-state index is 12.0. The highest BCUT2D eigenvalue weighted by molar-refractivity contribution is 5.96. The van der Waals surface area contributed by atoms with Crippen LogP contribution in [0.15, 0.2) is 18.2 Å². The first-order chi connectivity index (χ1) is 8.58. The third kappa shape index (κ3) is 4.01. The number of nitrogens with two attached hydrogens (primary N) is 1. The number of hydrogen-bond acceptors (Lipinski definition) is 4. The highest BCUT2D eigenvalue weighted by atomic mass is 16.1. The fourth-order valence-electron chi connectivity index (χ4n) is 1.62. The Hall–Kier alpha value is -1.59. The number of anilines is 1. The highest BCUT2D eigenvalue weighted by Crippen LogP contribution is 2.13. The summed E-state index contributed by atoms with van der Waals surface area (Å²) >= 11 is 0. The van der Waals surface area contributed by atoms with Crippen molar-refractivity contribution in [1.82, 2.24) is 10.2 Å². The van der Waals surface area contributed by atoms with E-state index in [9.17, 15) is 4.79 Å². The smallest absolute Gasteiger partial charge is 0.251 e. The quantitative estimate of drug-likeness (QED) is 0.519. The lowest BCUT2D eigenvalue weighted by Gasteiger charge is -2.14. The topological polar surface area (TPSA) is 70.4 Å². The molecule has 4 N–H and O–H groups in total. The lowest BCUT2D eigenvalue weighted by atomic mass is 10.1. The van der Waals surface area contributed by atoms with E-state index < -0.39 is 0 Å². The van der Waals surface area contributed by atoms with Crippen molar-refractivity contribution in [3.05, 3.63) is 29.3 Å². The van der Waals surface area contributed by atoms with Crippen molar-refractivity contribution in [2.45, 2.75) is 13.8 Å². The highest BCUT2D eigenvalue weighted by Gasteiger charge is 2.08. The number of aryl methyl sites for hydroxylation is 1. The Morgan fingerprint density at radius 2 is 2.17 bits per heavy atom. The summed E-state index contributed by atoms with van der Waals surface area (Å²) in [5, 5.41) is 2.91. The molecule has 18 heavy (non-hydrogen) atoms. The molecule has 1 aromatic rings. The van der Waals surface area contributed by atoms with Crippen LogP contribution in [0.5, 0.6) is 0 Å². The Morgan fingerprint density at radius 3 is 2.72 bits per heavy atom. The van der Waals surface area contributed by atoms with Gasteiger partial charge in [-0.2, -0.15) is 0 Å². The minimum absolute atomic E-state index is 0.0411. The second kappa shape index (κ2) is 6.98. The number of carbonyl (C=O) groups is 1. The molecule has 0 bridgehead atoms. The molecule has 0 aliphatic carbocycles. The molecule has 100 valence electrons. The predicted molar refractivity (Wildman–Crippen MR) is 74.5 cm³/mol. The molecule has 0 aliphatic rings. The van der Waals surface area contributed by atoms with E-state index in [1.54, 1.807) is 12.1 Å². The fraction of sp³-hybridized carbons (Fsp3) is 0.462. The van der Waals surface area contributed by atoms with Crippen LogP contribution >= 0.6 is 0 Å². The van der Waals surface area contributed by atoms with Crippen LogP contribution < -0.4 is 16.6 Å². The molecule has 0 aromatic heterocycles. The molecule has 1 rings (SSSR count). The second-order valence-corrected chi connectivity index (χ2v) is 4.33. The lowest BCUT2D eigenvalue weighted by molar-refractivity contribution is 0.0949. The summed E-state index contributed by atoms with van der Waals surface area (Å²) in [6, 6.07) is 5.43. The zero-order valence-electron chi connectivity index (χ0n) is 11.3. The van der Waals surface area contributed by atoms with Crippen molar-refractivity contribution in [2.24, 2.45) is 5.84 Å². The normalized spacial score (nSPS) is 10.5. The molecular formula is C13H22N4O. The number of amides is 1. The van der Waals surface area contributed by atoms with E-state index in [0.29, 0.717) is 12.1 Å². The summed E-state index contributed by atoms with van der Waals surface area (Å²) in [4.78, 5) is 14.1. The van der Waals surface area contributed by atoms with Gasteiger partial charge in [0.2, 0.25) is 0 Å². The van der Waals surface area contributed by atoms with Gasteiger partial charge in [-0.25, -0.2) is 0 Å². The average molecular weight is 250 g/mol. The van der Waals surface area contributed by atoms with Gasteiger partial charge in [0.05, 0.1) is 0 Å². The van der Waals surface area contributed by atoms with E-state index in [2.05, 4.69) is 22.6 Å². The Labute approximate surface area is 108 Å². The summed E-state index contributed by atoms with van der Waals surface area (Å²) in [7, 11) is 2.03. The SMILES string of the molecule is CCN(C)CCNC(=O)c1ccc(NN)cc1C. The third-order valence-electron chi connectivity index (χ3n) is 2.96. The van der Waals surface area contributed by atoms with Crippen LogP contribution in [0.4, 0.5) is 5.69 Å². The van der Waals surface area contributed by atoms with Crippen molar-refractivity contribution in [2.75, 3.05) is 32.1 Å². The maximum Gasteiger partial charge on any atom is 0.251 e. The van der Waals surface area contributed by atoms with Crippen LogP contribution in [0, 0.1) is 6.92 Å². The number of rotatable bonds is 6. The molecule has 0 radical (unpaired) electrons. The first-order valence-corrected chi connectivity index (χ1v) is 6.12. The van der Waals surface area contributed by atoms with Gasteiger partial charge in [0.25, 0.3) is 5.91 Å². The fourth-order valence-corrected chi connectivity index (χ4v) is 1.62. The number of carbonyl (C=O) groups excluding carboxylic acids is 1. The molecule has 0 unspecified atom stereocenters. The van der Waals surface area contributed by atoms with Gasteiger partial charge >= 0.3 is 0 Å². The lowest BCUT2D eigenvalue weighted by Crippen LogP contribution is -2.33. The van der Waals surface area contributed by atoms with Crippen LogP contribution in [-0.4, -0.2) is 37.5 Å². The number of hydrogen-bond donors (Lipinski definition) is 3. The molecule has 0 saturated heterocycles. The molecule has 0 spiro atoms. The van der Waals surface area contributed by atoms with Gasteiger partial charge in [-0.05, 0) is 44.3 Å². The molecular weight excluding hydrogens is 228 g/mol. The van der Waals surface area contributed by atoms with Crippen molar-refractivity contribution in [3.63, 3.8) is 0 Å². The van der Waals surface area contributed by atoms with Crippen LogP contribution in [-0.2, 0) is 0 Å². The van der Waals surface area contributed by atoms with E-state index in [0.717, 1.165) is 24.3 Å². The number of nitrogens with zero attached hydrogens (tertiary/aromatic N) is 1. The molecule has 1 aromatic carbocycles. The zero-order valence-corrected chi connectivity index (χ0v) is 11.3. The van der Waals surface area contributed by atoms with E-state index in [1.165, 1.54) is 0 Å². The predicted octanol–water partition coefficient (Wildman–Crippen LogP) is 0.962. The van der Waals surface area contributed by atoms with Gasteiger partial charge in [0.1, 0.15) is 0 Å². The Bertz CT molecular complexity index is 406. The maximum absolute atomic E-state index is 12.0. The standard InChI is InChI=1S/C13H22N4O/c1-4-17(3)8-7-15-13(18)12-6-5-11(16-14)9-10(12)2/h5-6,9,16H,4,7-8,14H2,1-3H3,(H,15,18). The van der Waals surface area contributed by atoms with Gasteiger partial charge in [-0.15, -0.1) is 0 Å². The monoisotopic (exact) mass is 250 g/mol. The minimum Gasteiger partial charge on any atom is -0.351 e. The van der Waals surface area contributed by atoms with Crippen LogP contribution in [0.3, 0.4) is 0 Å². The molecule has 0 aliphatic heterocycles. The summed E-state index contributed by atoms with van der Waals surface area (Å²) in [6.45, 7) is 6.47. The van der Waals surface area contributed by atoms with Crippen LogP contribution in [0.1, 0.15) is 22.8 Å². The zero-order chi connectivity index (χ0) is 13.5. The second-order valence-electron chi connectivity index (χ2n) is 4.33. The van der Waals surface area contributed by atoms with Gasteiger partial charge in [-0.3, -0.25) is 10.6 Å². The Balaban J connectivity index is 2.56. The van der Waals surface area contributed by atoms with E-state index in [-0.39, 0.29) is 5.91 Å². The summed E-state index contributed by atoms with van der Waals surface area (Å²) in [6.07, 6.45) is 0. The minimum atomic E-state index is -0.0411. The number of likely N-dealkylation sites (N-methyl/N-ethyl adjacent to an activating group) is 1. The van der Waals surface area contributed by atoms with E-state index in [4.69, 9.17) is 5.84 Å². The summed E-state index contributed by atoms with van der Waals surface area (Å²) in [5.41, 5.74) is 4.96. The first-order valence-electron chi connectivity index (χ1n) is 6.12. The largest absolute Gasteiger partial charge is 0.351 e. The molecule has 0 atom stereocenters. The molecule has 1 amide bonds. The van der Waals surface area contributed by atoms with Crippen molar-refractivity contribution < 1.29 is 4.79 Å². The summed E-state index contributed by atoms with van der Waals surface area (Å²) in [5.74, 6) is 5.28. The van der Waals surface area contributed by atoms with Gasteiger partial charge < -0.3 is 15.6 Å². The third-order valence-corrected chi connectivity index (χ3v) is 2.96. The number of nitrogens with one attached hydrogen (secondary N) is 2. The number of nitrogen functional groups attached to an aromatic ring is 1. The Morgan fingerprint density at radius 1 is 1.44 bits per heavy atom. The molecule has 5 nitrogen and oxygen atoms in total. The summed E-state index contributed by atoms with van der Waals surface area (Å²) < 4.78 is 0. The van der Waals surface area contributed by atoms with E-state index in [1.807, 2.05) is 20.0 Å². The van der Waals surface area contributed by atoms with Gasteiger partial charge in [-0.1, -0.05) is 6.92 Å². The van der Waals surface area contributed by atoms with Crippen molar-refractivity contribution >= 4 is 11.6 Å². The van der Waals surface area contributed by atoms with Crippen molar-refractivity contribution in [3.8, 4) is 0 Å². The van der Waals surface area contributed by atoms with Crippen molar-refractivity contribution in [1.29, 1.82) is 0 Å². The molecule has 5 heteroatoms. The average Bonchev–Trinajstić information content (AvgIpc) is 2.37. The Kier molecular flexibility index (Phi) is 5.61. The number of benzene rings is 1. The van der Waals surface area contributed by atoms with Crippen LogP contribution in [0.2, 0.25) is 0 Å². The van der Waals surface area contributed by atoms with Crippen LogP contribution in [0.25, 0.3) is 0 Å².